The first-order valence-electron chi connectivity index (χ1n) is 8.56. The summed E-state index contributed by atoms with van der Waals surface area (Å²) in [6.07, 6.45) is 5.81. The number of ether oxygens (including phenoxy) is 2. The van der Waals surface area contributed by atoms with Gasteiger partial charge in [-0.2, -0.15) is 0 Å². The lowest BCUT2D eigenvalue weighted by molar-refractivity contribution is -0.118. The molecule has 23 heavy (non-hydrogen) atoms. The molecule has 5 heteroatoms. The second-order valence-corrected chi connectivity index (χ2v) is 6.32. The highest BCUT2D eigenvalue weighted by atomic mass is 16.5. The summed E-state index contributed by atoms with van der Waals surface area (Å²) in [6.45, 7) is 2.55. The molecule has 2 atom stereocenters. The molecule has 0 unspecified atom stereocenters. The third kappa shape index (κ3) is 4.24. The van der Waals surface area contributed by atoms with E-state index in [0.717, 1.165) is 31.1 Å². The molecule has 5 nitrogen and oxygen atoms in total. The molecule has 1 amide bonds. The minimum atomic E-state index is 0.0639. The summed E-state index contributed by atoms with van der Waals surface area (Å²) >= 11 is 0. The van der Waals surface area contributed by atoms with Crippen LogP contribution in [0.25, 0.3) is 0 Å². The van der Waals surface area contributed by atoms with Gasteiger partial charge in [-0.15, -0.1) is 0 Å². The van der Waals surface area contributed by atoms with E-state index in [1.165, 1.54) is 25.7 Å². The number of fused-ring (bicyclic) bond motifs is 1. The number of hydrogen-bond donors (Lipinski definition) is 1. The minimum absolute atomic E-state index is 0.0639. The van der Waals surface area contributed by atoms with Gasteiger partial charge in [0.25, 0.3) is 0 Å². The van der Waals surface area contributed by atoms with Gasteiger partial charge in [0.05, 0.1) is 19.8 Å². The van der Waals surface area contributed by atoms with Crippen molar-refractivity contribution in [3.05, 3.63) is 24.3 Å². The highest BCUT2D eigenvalue weighted by Crippen LogP contribution is 2.28. The molecule has 0 radical (unpaired) electrons. The fourth-order valence-corrected chi connectivity index (χ4v) is 3.60. The van der Waals surface area contributed by atoms with Gasteiger partial charge in [0.2, 0.25) is 5.91 Å². The second kappa shape index (κ2) is 7.79. The summed E-state index contributed by atoms with van der Waals surface area (Å²) in [5.74, 6) is 0.855. The van der Waals surface area contributed by atoms with E-state index in [2.05, 4.69) is 10.2 Å². The zero-order valence-electron chi connectivity index (χ0n) is 13.8. The lowest BCUT2D eigenvalue weighted by Crippen LogP contribution is -2.53. The van der Waals surface area contributed by atoms with E-state index in [1.807, 2.05) is 24.3 Å². The van der Waals surface area contributed by atoms with Crippen LogP contribution in [0.2, 0.25) is 0 Å². The molecule has 2 fully saturated rings. The van der Waals surface area contributed by atoms with E-state index < -0.39 is 0 Å². The Balaban J connectivity index is 1.47. The maximum atomic E-state index is 12.2. The number of nitrogens with zero attached hydrogens (tertiary/aromatic N) is 1. The number of nitrogens with one attached hydrogen (secondary N) is 1. The first-order valence-corrected chi connectivity index (χ1v) is 8.56. The zero-order chi connectivity index (χ0) is 16.1. The van der Waals surface area contributed by atoms with Gasteiger partial charge in [-0.25, -0.2) is 0 Å². The molecule has 0 spiro atoms. The van der Waals surface area contributed by atoms with Gasteiger partial charge < -0.3 is 14.8 Å². The number of carbonyl (C=O) groups excluding carboxylic acids is 1. The van der Waals surface area contributed by atoms with Crippen LogP contribution in [0.1, 0.15) is 32.1 Å². The Bertz CT molecular complexity index is 516. The van der Waals surface area contributed by atoms with E-state index in [4.69, 9.17) is 9.47 Å². The van der Waals surface area contributed by atoms with Crippen LogP contribution in [0, 0.1) is 0 Å². The Morgan fingerprint density at radius 1 is 1.30 bits per heavy atom. The van der Waals surface area contributed by atoms with Crippen molar-refractivity contribution >= 4 is 11.6 Å². The van der Waals surface area contributed by atoms with Crippen molar-refractivity contribution in [3.8, 4) is 5.75 Å². The van der Waals surface area contributed by atoms with Gasteiger partial charge >= 0.3 is 0 Å². The van der Waals surface area contributed by atoms with Gasteiger partial charge in [0.15, 0.2) is 0 Å². The summed E-state index contributed by atoms with van der Waals surface area (Å²) in [7, 11) is 1.63. The Morgan fingerprint density at radius 2 is 2.09 bits per heavy atom. The third-order valence-electron chi connectivity index (χ3n) is 4.85. The number of morpholine rings is 1. The van der Waals surface area contributed by atoms with Crippen LogP contribution in [0.15, 0.2) is 24.3 Å². The van der Waals surface area contributed by atoms with Crippen LogP contribution < -0.4 is 10.1 Å². The van der Waals surface area contributed by atoms with Gasteiger partial charge in [-0.3, -0.25) is 9.69 Å². The Hall–Kier alpha value is -1.59. The first kappa shape index (κ1) is 16.3. The molecule has 1 N–H and O–H groups in total. The Kier molecular flexibility index (Phi) is 5.51. The molecule has 2 aliphatic rings. The molecule has 1 aromatic rings. The molecule has 3 rings (SSSR count). The SMILES string of the molecule is COc1ccc(NC(=O)CCN2CCO[C@H]3CCCC[C@@H]32)cc1. The monoisotopic (exact) mass is 318 g/mol. The highest BCUT2D eigenvalue weighted by Gasteiger charge is 2.33. The fourth-order valence-electron chi connectivity index (χ4n) is 3.60. The van der Waals surface area contributed by atoms with Crippen molar-refractivity contribution in [3.63, 3.8) is 0 Å². The smallest absolute Gasteiger partial charge is 0.225 e. The fraction of sp³-hybridized carbons (Fsp3) is 0.611. The van der Waals surface area contributed by atoms with Crippen molar-refractivity contribution < 1.29 is 14.3 Å². The quantitative estimate of drug-likeness (QED) is 0.907. The molecule has 1 saturated heterocycles. The lowest BCUT2D eigenvalue weighted by atomic mass is 9.90. The van der Waals surface area contributed by atoms with E-state index in [1.54, 1.807) is 7.11 Å². The third-order valence-corrected chi connectivity index (χ3v) is 4.85. The second-order valence-electron chi connectivity index (χ2n) is 6.32. The van der Waals surface area contributed by atoms with Gasteiger partial charge in [-0.05, 0) is 37.1 Å². The van der Waals surface area contributed by atoms with Crippen LogP contribution in [0.3, 0.4) is 0 Å². The van der Waals surface area contributed by atoms with Gasteiger partial charge in [0, 0.05) is 31.2 Å². The van der Waals surface area contributed by atoms with E-state index in [0.29, 0.717) is 18.6 Å². The average molecular weight is 318 g/mol. The predicted molar refractivity (Wildman–Crippen MR) is 89.8 cm³/mol. The maximum absolute atomic E-state index is 12.2. The largest absolute Gasteiger partial charge is 0.497 e. The average Bonchev–Trinajstić information content (AvgIpc) is 2.60. The molecule has 1 aromatic carbocycles. The van der Waals surface area contributed by atoms with E-state index in [9.17, 15) is 4.79 Å². The molecule has 1 saturated carbocycles. The predicted octanol–water partition coefficient (Wildman–Crippen LogP) is 2.67. The molecule has 126 valence electrons. The Morgan fingerprint density at radius 3 is 2.87 bits per heavy atom. The van der Waals surface area contributed by atoms with Crippen molar-refractivity contribution in [2.45, 2.75) is 44.2 Å². The summed E-state index contributed by atoms with van der Waals surface area (Å²) in [5.41, 5.74) is 0.813. The number of carbonyl (C=O) groups is 1. The lowest BCUT2D eigenvalue weighted by Gasteiger charge is -2.43. The standard InChI is InChI=1S/C18H26N2O3/c1-22-15-8-6-14(7-9-15)19-18(21)10-11-20-12-13-23-17-5-3-2-4-16(17)20/h6-9,16-17H,2-5,10-13H2,1H3,(H,19,21)/t16-,17-/m0/s1. The molecule has 1 heterocycles. The number of methoxy groups -OCH3 is 1. The topological polar surface area (TPSA) is 50.8 Å². The number of rotatable bonds is 5. The normalized spacial score (nSPS) is 24.7. The Labute approximate surface area is 137 Å². The summed E-state index contributed by atoms with van der Waals surface area (Å²) in [6, 6.07) is 7.94. The summed E-state index contributed by atoms with van der Waals surface area (Å²) < 4.78 is 11.0. The van der Waals surface area contributed by atoms with Crippen LogP contribution in [0.5, 0.6) is 5.75 Å². The molecular weight excluding hydrogens is 292 g/mol. The van der Waals surface area contributed by atoms with Crippen molar-refractivity contribution in [2.75, 3.05) is 32.1 Å². The highest BCUT2D eigenvalue weighted by molar-refractivity contribution is 5.90. The van der Waals surface area contributed by atoms with Crippen molar-refractivity contribution in [1.29, 1.82) is 0 Å². The van der Waals surface area contributed by atoms with Crippen LogP contribution in [0.4, 0.5) is 5.69 Å². The molecule has 0 aromatic heterocycles. The number of amides is 1. The molecule has 1 aliphatic carbocycles. The number of anilines is 1. The van der Waals surface area contributed by atoms with Crippen LogP contribution in [-0.2, 0) is 9.53 Å². The number of hydrogen-bond acceptors (Lipinski definition) is 4. The molecule has 1 aliphatic heterocycles. The maximum Gasteiger partial charge on any atom is 0.225 e. The molecular formula is C18H26N2O3. The van der Waals surface area contributed by atoms with Crippen LogP contribution >= 0.6 is 0 Å². The van der Waals surface area contributed by atoms with Gasteiger partial charge in [0.1, 0.15) is 5.75 Å². The molecule has 0 bridgehead atoms. The number of benzene rings is 1. The van der Waals surface area contributed by atoms with E-state index in [-0.39, 0.29) is 5.91 Å². The van der Waals surface area contributed by atoms with Crippen molar-refractivity contribution in [2.24, 2.45) is 0 Å². The van der Waals surface area contributed by atoms with Crippen molar-refractivity contribution in [1.82, 2.24) is 4.90 Å². The first-order chi connectivity index (χ1) is 11.3. The minimum Gasteiger partial charge on any atom is -0.497 e. The summed E-state index contributed by atoms with van der Waals surface area (Å²) in [5, 5.41) is 2.95. The van der Waals surface area contributed by atoms with Crippen LogP contribution in [-0.4, -0.2) is 49.8 Å². The zero-order valence-corrected chi connectivity index (χ0v) is 13.8. The van der Waals surface area contributed by atoms with E-state index >= 15 is 0 Å². The van der Waals surface area contributed by atoms with Gasteiger partial charge in [-0.1, -0.05) is 12.8 Å². The summed E-state index contributed by atoms with van der Waals surface area (Å²) in [4.78, 5) is 14.6.